The predicted molar refractivity (Wildman–Crippen MR) is 111 cm³/mol. The summed E-state index contributed by atoms with van der Waals surface area (Å²) in [6.07, 6.45) is 9.04. The Labute approximate surface area is 169 Å². The number of carbonyl (C=O) groups excluding carboxylic acids is 1. The molecule has 3 aromatic rings. The minimum Gasteiger partial charge on any atom is -0.376 e. The number of ether oxygens (including phenoxy) is 1. The van der Waals surface area contributed by atoms with Crippen molar-refractivity contribution in [2.45, 2.75) is 45.4 Å². The largest absolute Gasteiger partial charge is 0.376 e. The maximum atomic E-state index is 13.0. The van der Waals surface area contributed by atoms with Crippen LogP contribution in [0.25, 0.3) is 11.0 Å². The molecule has 1 aliphatic rings. The molecule has 152 valence electrons. The zero-order chi connectivity index (χ0) is 20.2. The van der Waals surface area contributed by atoms with E-state index in [4.69, 9.17) is 4.74 Å². The van der Waals surface area contributed by atoms with E-state index in [1.165, 1.54) is 0 Å². The average molecular weight is 394 g/mol. The van der Waals surface area contributed by atoms with E-state index in [2.05, 4.69) is 34.2 Å². The molecule has 1 saturated heterocycles. The molecule has 1 atom stereocenters. The highest BCUT2D eigenvalue weighted by Crippen LogP contribution is 2.20. The van der Waals surface area contributed by atoms with Gasteiger partial charge in [-0.15, -0.1) is 0 Å². The van der Waals surface area contributed by atoms with Crippen molar-refractivity contribution in [1.29, 1.82) is 0 Å². The molecule has 2 amide bonds. The van der Waals surface area contributed by atoms with Crippen molar-refractivity contribution < 1.29 is 9.53 Å². The lowest BCUT2D eigenvalue weighted by Crippen LogP contribution is -2.39. The Balaban J connectivity index is 1.51. The number of nitrogens with one attached hydrogen (secondary N) is 1. The van der Waals surface area contributed by atoms with E-state index in [1.54, 1.807) is 29.7 Å². The summed E-state index contributed by atoms with van der Waals surface area (Å²) < 4.78 is 7.61. The van der Waals surface area contributed by atoms with Gasteiger partial charge in [0.2, 0.25) is 0 Å². The molecule has 29 heavy (non-hydrogen) atoms. The summed E-state index contributed by atoms with van der Waals surface area (Å²) in [5.41, 5.74) is 2.44. The molecule has 8 heteroatoms. The Morgan fingerprint density at radius 1 is 1.38 bits per heavy atom. The van der Waals surface area contributed by atoms with Crippen molar-refractivity contribution in [3.8, 4) is 0 Å². The first-order chi connectivity index (χ1) is 14.1. The maximum Gasteiger partial charge on any atom is 0.322 e. The van der Waals surface area contributed by atoms with E-state index in [0.29, 0.717) is 18.8 Å². The number of fused-ring (bicyclic) bond motifs is 1. The fraction of sp³-hybridized carbons (Fsp3) is 0.429. The zero-order valence-corrected chi connectivity index (χ0v) is 16.8. The number of pyridine rings is 2. The molecule has 1 N–H and O–H groups in total. The summed E-state index contributed by atoms with van der Waals surface area (Å²) >= 11 is 0. The van der Waals surface area contributed by atoms with Gasteiger partial charge in [0.15, 0.2) is 5.65 Å². The van der Waals surface area contributed by atoms with Crippen LogP contribution >= 0.6 is 0 Å². The number of hydrogen-bond acceptors (Lipinski definition) is 5. The van der Waals surface area contributed by atoms with Gasteiger partial charge in [-0.2, -0.15) is 5.10 Å². The number of aromatic nitrogens is 4. The molecule has 0 aliphatic carbocycles. The van der Waals surface area contributed by atoms with Crippen LogP contribution in [0, 0.1) is 0 Å². The van der Waals surface area contributed by atoms with E-state index in [1.807, 2.05) is 22.9 Å². The van der Waals surface area contributed by atoms with Gasteiger partial charge in [0.05, 0.1) is 24.2 Å². The second-order valence-corrected chi connectivity index (χ2v) is 7.63. The van der Waals surface area contributed by atoms with Crippen LogP contribution in [-0.2, 0) is 11.3 Å². The highest BCUT2D eigenvalue weighted by Gasteiger charge is 2.23. The lowest BCUT2D eigenvalue weighted by atomic mass is 10.2. The van der Waals surface area contributed by atoms with Gasteiger partial charge in [0, 0.05) is 43.5 Å². The molecule has 1 fully saturated rings. The van der Waals surface area contributed by atoms with Crippen LogP contribution in [0.4, 0.5) is 10.5 Å². The summed E-state index contributed by atoms with van der Waals surface area (Å²) in [6.45, 7) is 5.89. The van der Waals surface area contributed by atoms with E-state index in [0.717, 1.165) is 36.0 Å². The van der Waals surface area contributed by atoms with Crippen molar-refractivity contribution in [3.63, 3.8) is 0 Å². The molecular formula is C21H26N6O2. The molecule has 8 nitrogen and oxygen atoms in total. The summed E-state index contributed by atoms with van der Waals surface area (Å²) in [5, 5.41) is 8.26. The van der Waals surface area contributed by atoms with Crippen LogP contribution in [-0.4, -0.2) is 49.9 Å². The van der Waals surface area contributed by atoms with Gasteiger partial charge < -0.3 is 15.0 Å². The summed E-state index contributed by atoms with van der Waals surface area (Å²) in [4.78, 5) is 23.5. The third-order valence-electron chi connectivity index (χ3n) is 5.01. The second-order valence-electron chi connectivity index (χ2n) is 7.63. The molecule has 4 heterocycles. The standard InChI is InChI=1S/C21H26N6O2/c1-15(2)27-20-17(11-24-27)9-18(12-23-20)25-21(28)26(14-19-6-4-8-29-19)13-16-5-3-7-22-10-16/h3,5,7,9-12,15,19H,4,6,8,13-14H2,1-2H3,(H,25,28). The van der Waals surface area contributed by atoms with Gasteiger partial charge in [-0.3, -0.25) is 4.98 Å². The molecule has 0 spiro atoms. The Bertz CT molecular complexity index is 966. The Morgan fingerprint density at radius 2 is 2.28 bits per heavy atom. The third-order valence-corrected chi connectivity index (χ3v) is 5.01. The molecule has 0 radical (unpaired) electrons. The second kappa shape index (κ2) is 8.57. The minimum atomic E-state index is -0.179. The number of hydrogen-bond donors (Lipinski definition) is 1. The van der Waals surface area contributed by atoms with Crippen molar-refractivity contribution >= 4 is 22.8 Å². The van der Waals surface area contributed by atoms with Crippen molar-refractivity contribution in [3.05, 3.63) is 48.5 Å². The van der Waals surface area contributed by atoms with Crippen LogP contribution < -0.4 is 5.32 Å². The molecule has 4 rings (SSSR count). The number of carbonyl (C=O) groups is 1. The first-order valence-electron chi connectivity index (χ1n) is 10.00. The Hall–Kier alpha value is -3.00. The number of urea groups is 1. The first-order valence-corrected chi connectivity index (χ1v) is 10.00. The molecule has 0 bridgehead atoms. The van der Waals surface area contributed by atoms with E-state index in [9.17, 15) is 4.79 Å². The van der Waals surface area contributed by atoms with Gasteiger partial charge in [-0.25, -0.2) is 14.5 Å². The smallest absolute Gasteiger partial charge is 0.322 e. The third kappa shape index (κ3) is 4.54. The summed E-state index contributed by atoms with van der Waals surface area (Å²) in [7, 11) is 0. The normalized spacial score (nSPS) is 16.4. The number of anilines is 1. The first kappa shape index (κ1) is 19.3. The Morgan fingerprint density at radius 3 is 3.00 bits per heavy atom. The van der Waals surface area contributed by atoms with Gasteiger partial charge in [-0.05, 0) is 44.4 Å². The SMILES string of the molecule is CC(C)n1ncc2cc(NC(=O)N(Cc3cccnc3)CC3CCCO3)cnc21. The number of rotatable bonds is 6. The van der Waals surface area contributed by atoms with E-state index >= 15 is 0 Å². The molecule has 0 saturated carbocycles. The van der Waals surface area contributed by atoms with E-state index in [-0.39, 0.29) is 18.2 Å². The number of amides is 2. The lowest BCUT2D eigenvalue weighted by molar-refractivity contribution is 0.0819. The Kier molecular flexibility index (Phi) is 5.71. The highest BCUT2D eigenvalue weighted by atomic mass is 16.5. The number of nitrogens with zero attached hydrogens (tertiary/aromatic N) is 5. The van der Waals surface area contributed by atoms with E-state index < -0.39 is 0 Å². The predicted octanol–water partition coefficient (Wildman–Crippen LogP) is 3.62. The van der Waals surface area contributed by atoms with Gasteiger partial charge in [-0.1, -0.05) is 6.07 Å². The molecular weight excluding hydrogens is 368 g/mol. The molecule has 3 aromatic heterocycles. The van der Waals surface area contributed by atoms with Crippen molar-refractivity contribution in [2.24, 2.45) is 0 Å². The minimum absolute atomic E-state index is 0.0716. The monoisotopic (exact) mass is 394 g/mol. The fourth-order valence-electron chi connectivity index (χ4n) is 3.55. The van der Waals surface area contributed by atoms with Crippen LogP contribution in [0.2, 0.25) is 0 Å². The fourth-order valence-corrected chi connectivity index (χ4v) is 3.55. The van der Waals surface area contributed by atoms with Crippen molar-refractivity contribution in [1.82, 2.24) is 24.6 Å². The van der Waals surface area contributed by atoms with Gasteiger partial charge in [0.1, 0.15) is 0 Å². The van der Waals surface area contributed by atoms with Crippen LogP contribution in [0.15, 0.2) is 43.0 Å². The molecule has 1 aliphatic heterocycles. The van der Waals surface area contributed by atoms with Crippen LogP contribution in [0.5, 0.6) is 0 Å². The average Bonchev–Trinajstić information content (AvgIpc) is 3.37. The van der Waals surface area contributed by atoms with Gasteiger partial charge in [0.25, 0.3) is 0 Å². The highest BCUT2D eigenvalue weighted by molar-refractivity contribution is 5.91. The maximum absolute atomic E-state index is 13.0. The lowest BCUT2D eigenvalue weighted by Gasteiger charge is -2.25. The van der Waals surface area contributed by atoms with Crippen molar-refractivity contribution in [2.75, 3.05) is 18.5 Å². The molecule has 0 aromatic carbocycles. The van der Waals surface area contributed by atoms with Crippen LogP contribution in [0.3, 0.4) is 0 Å². The molecule has 1 unspecified atom stereocenters. The summed E-state index contributed by atoms with van der Waals surface area (Å²) in [5.74, 6) is 0. The zero-order valence-electron chi connectivity index (χ0n) is 16.8. The van der Waals surface area contributed by atoms with Gasteiger partial charge >= 0.3 is 6.03 Å². The topological polar surface area (TPSA) is 85.2 Å². The quantitative estimate of drug-likeness (QED) is 0.690. The van der Waals surface area contributed by atoms with Crippen LogP contribution in [0.1, 0.15) is 38.3 Å². The summed E-state index contributed by atoms with van der Waals surface area (Å²) in [6, 6.07) is 5.79.